The summed E-state index contributed by atoms with van der Waals surface area (Å²) in [4.78, 5) is 23.5. The molecule has 0 atom stereocenters. The predicted molar refractivity (Wildman–Crippen MR) is 66.9 cm³/mol. The minimum absolute atomic E-state index is 0.0940. The first-order valence-corrected chi connectivity index (χ1v) is 5.71. The lowest BCUT2D eigenvalue weighted by molar-refractivity contribution is 0.0526. The van der Waals surface area contributed by atoms with Gasteiger partial charge in [-0.2, -0.15) is 5.26 Å². The number of nitriles is 1. The summed E-state index contributed by atoms with van der Waals surface area (Å²) in [7, 11) is 1.72. The third-order valence-electron chi connectivity index (χ3n) is 2.98. The Morgan fingerprint density at radius 3 is 2.84 bits per heavy atom. The summed E-state index contributed by atoms with van der Waals surface area (Å²) in [5.41, 5.74) is 0.654. The van der Waals surface area contributed by atoms with Crippen LogP contribution < -0.4 is 5.63 Å². The van der Waals surface area contributed by atoms with Gasteiger partial charge in [0.1, 0.15) is 17.2 Å². The van der Waals surface area contributed by atoms with Crippen LogP contribution in [0.4, 0.5) is 0 Å². The summed E-state index contributed by atoms with van der Waals surface area (Å²) in [5.74, 6) is -0.543. The van der Waals surface area contributed by atoms with Crippen molar-refractivity contribution >= 4 is 17.1 Å². The van der Waals surface area contributed by atoms with Gasteiger partial charge in [0.25, 0.3) is 0 Å². The monoisotopic (exact) mass is 260 g/mol. The number of aryl methyl sites for hydroxylation is 1. The Morgan fingerprint density at radius 2 is 2.26 bits per heavy atom. The van der Waals surface area contributed by atoms with Crippen molar-refractivity contribution in [3.8, 4) is 6.07 Å². The van der Waals surface area contributed by atoms with Crippen molar-refractivity contribution in [3.05, 3.63) is 33.3 Å². The van der Waals surface area contributed by atoms with E-state index in [4.69, 9.17) is 14.4 Å². The molecule has 0 saturated carbocycles. The molecular weight excluding hydrogens is 248 g/mol. The van der Waals surface area contributed by atoms with Gasteiger partial charge in [0.15, 0.2) is 5.58 Å². The third-order valence-corrected chi connectivity index (χ3v) is 2.98. The van der Waals surface area contributed by atoms with Crippen LogP contribution in [-0.4, -0.2) is 17.1 Å². The van der Waals surface area contributed by atoms with Crippen molar-refractivity contribution in [2.75, 3.05) is 6.61 Å². The number of hydrogen-bond acceptors (Lipinski definition) is 5. The standard InChI is InChI=1S/C13H12N2O4/c1-4-18-13(17)10-7(2)15(3)9-5-8(6-14)12(16)19-11(9)10/h5H,4H2,1-3H3. The normalized spacial score (nSPS) is 10.4. The van der Waals surface area contributed by atoms with Crippen molar-refractivity contribution in [1.82, 2.24) is 4.57 Å². The molecule has 0 bridgehead atoms. The van der Waals surface area contributed by atoms with Crippen molar-refractivity contribution in [2.24, 2.45) is 7.05 Å². The zero-order valence-corrected chi connectivity index (χ0v) is 10.8. The Hall–Kier alpha value is -2.55. The number of rotatable bonds is 2. The molecule has 6 heteroatoms. The van der Waals surface area contributed by atoms with Gasteiger partial charge in [-0.25, -0.2) is 9.59 Å². The van der Waals surface area contributed by atoms with E-state index in [0.29, 0.717) is 11.2 Å². The maximum atomic E-state index is 11.9. The van der Waals surface area contributed by atoms with E-state index in [1.807, 2.05) is 0 Å². The van der Waals surface area contributed by atoms with E-state index in [2.05, 4.69) is 0 Å². The lowest BCUT2D eigenvalue weighted by Crippen LogP contribution is -2.07. The summed E-state index contributed by atoms with van der Waals surface area (Å²) in [6, 6.07) is 3.18. The molecule has 2 rings (SSSR count). The number of aromatic nitrogens is 1. The Kier molecular flexibility index (Phi) is 3.13. The van der Waals surface area contributed by atoms with Gasteiger partial charge in [0, 0.05) is 12.7 Å². The summed E-state index contributed by atoms with van der Waals surface area (Å²) < 4.78 is 11.7. The van der Waals surface area contributed by atoms with Crippen molar-refractivity contribution in [3.63, 3.8) is 0 Å². The zero-order valence-electron chi connectivity index (χ0n) is 10.8. The first-order valence-electron chi connectivity index (χ1n) is 5.71. The first kappa shape index (κ1) is 12.9. The van der Waals surface area contributed by atoms with Gasteiger partial charge >= 0.3 is 11.6 Å². The molecule has 0 radical (unpaired) electrons. The number of hydrogen-bond donors (Lipinski definition) is 0. The Morgan fingerprint density at radius 1 is 1.58 bits per heavy atom. The lowest BCUT2D eigenvalue weighted by atomic mass is 10.2. The summed E-state index contributed by atoms with van der Waals surface area (Å²) in [6.07, 6.45) is 0. The Bertz CT molecular complexity index is 762. The molecule has 0 aromatic carbocycles. The van der Waals surface area contributed by atoms with E-state index in [0.717, 1.165) is 0 Å². The van der Waals surface area contributed by atoms with Gasteiger partial charge in [-0.1, -0.05) is 0 Å². The minimum Gasteiger partial charge on any atom is -0.462 e. The van der Waals surface area contributed by atoms with E-state index >= 15 is 0 Å². The number of carbonyl (C=O) groups excluding carboxylic acids is 1. The fraction of sp³-hybridized carbons (Fsp3) is 0.308. The first-order chi connectivity index (χ1) is 9.01. The molecular formula is C13H12N2O4. The van der Waals surface area contributed by atoms with Crippen LogP contribution in [0.2, 0.25) is 0 Å². The van der Waals surface area contributed by atoms with Crippen LogP contribution in [0, 0.1) is 18.3 Å². The van der Waals surface area contributed by atoms with E-state index in [9.17, 15) is 9.59 Å². The smallest absolute Gasteiger partial charge is 0.354 e. The molecule has 0 unspecified atom stereocenters. The maximum absolute atomic E-state index is 11.9. The van der Waals surface area contributed by atoms with Crippen molar-refractivity contribution < 1.29 is 13.9 Å². The summed E-state index contributed by atoms with van der Waals surface area (Å²) >= 11 is 0. The summed E-state index contributed by atoms with van der Waals surface area (Å²) in [6.45, 7) is 3.65. The highest BCUT2D eigenvalue weighted by Gasteiger charge is 2.23. The number of nitrogens with zero attached hydrogens (tertiary/aromatic N) is 2. The van der Waals surface area contributed by atoms with Crippen LogP contribution in [0.3, 0.4) is 0 Å². The van der Waals surface area contributed by atoms with Crippen LogP contribution >= 0.6 is 0 Å². The van der Waals surface area contributed by atoms with Crippen LogP contribution in [0.15, 0.2) is 15.3 Å². The Labute approximate surface area is 108 Å². The van der Waals surface area contributed by atoms with E-state index in [1.54, 1.807) is 31.5 Å². The second kappa shape index (κ2) is 4.61. The molecule has 19 heavy (non-hydrogen) atoms. The zero-order chi connectivity index (χ0) is 14.2. The molecule has 0 N–H and O–H groups in total. The Balaban J connectivity index is 2.83. The molecule has 98 valence electrons. The van der Waals surface area contributed by atoms with E-state index < -0.39 is 11.6 Å². The molecule has 0 aliphatic rings. The van der Waals surface area contributed by atoms with E-state index in [1.165, 1.54) is 6.07 Å². The van der Waals surface area contributed by atoms with E-state index in [-0.39, 0.29) is 23.3 Å². The molecule has 0 amide bonds. The largest absolute Gasteiger partial charge is 0.462 e. The van der Waals surface area contributed by atoms with Gasteiger partial charge in [0.05, 0.1) is 12.1 Å². The fourth-order valence-corrected chi connectivity index (χ4v) is 1.92. The minimum atomic E-state index is -0.758. The van der Waals surface area contributed by atoms with Crippen LogP contribution in [0.25, 0.3) is 11.1 Å². The maximum Gasteiger partial charge on any atom is 0.354 e. The van der Waals surface area contributed by atoms with Gasteiger partial charge in [-0.15, -0.1) is 0 Å². The predicted octanol–water partition coefficient (Wildman–Crippen LogP) is 1.49. The SMILES string of the molecule is CCOC(=O)c1c(C)n(C)c2cc(C#N)c(=O)oc12. The highest BCUT2D eigenvalue weighted by molar-refractivity contribution is 6.03. The quantitative estimate of drug-likeness (QED) is 0.763. The molecule has 2 aromatic rings. The third kappa shape index (κ3) is 1.89. The second-order valence-corrected chi connectivity index (χ2v) is 4.01. The number of esters is 1. The van der Waals surface area contributed by atoms with Gasteiger partial charge < -0.3 is 13.7 Å². The number of fused-ring (bicyclic) bond motifs is 1. The molecule has 0 aliphatic heterocycles. The van der Waals surface area contributed by atoms with Gasteiger partial charge in [-0.3, -0.25) is 0 Å². The molecule has 0 fully saturated rings. The number of ether oxygens (including phenoxy) is 1. The second-order valence-electron chi connectivity index (χ2n) is 4.01. The molecule has 0 aliphatic carbocycles. The average Bonchev–Trinajstić information content (AvgIpc) is 2.61. The lowest BCUT2D eigenvalue weighted by Gasteiger charge is -2.01. The van der Waals surface area contributed by atoms with Crippen LogP contribution in [0.5, 0.6) is 0 Å². The molecule has 6 nitrogen and oxygen atoms in total. The van der Waals surface area contributed by atoms with Crippen molar-refractivity contribution in [2.45, 2.75) is 13.8 Å². The highest BCUT2D eigenvalue weighted by Crippen LogP contribution is 2.25. The molecule has 0 spiro atoms. The highest BCUT2D eigenvalue weighted by atomic mass is 16.5. The molecule has 0 saturated heterocycles. The van der Waals surface area contributed by atoms with Gasteiger partial charge in [0.2, 0.25) is 0 Å². The molecule has 2 aromatic heterocycles. The van der Waals surface area contributed by atoms with Gasteiger partial charge in [-0.05, 0) is 19.9 Å². The average molecular weight is 260 g/mol. The number of carbonyl (C=O) groups is 1. The fourth-order valence-electron chi connectivity index (χ4n) is 1.92. The van der Waals surface area contributed by atoms with Crippen LogP contribution in [0.1, 0.15) is 28.5 Å². The van der Waals surface area contributed by atoms with Crippen molar-refractivity contribution in [1.29, 1.82) is 5.26 Å². The van der Waals surface area contributed by atoms with Crippen LogP contribution in [-0.2, 0) is 11.8 Å². The topological polar surface area (TPSA) is 85.2 Å². The summed E-state index contributed by atoms with van der Waals surface area (Å²) in [5, 5.41) is 8.83. The molecule has 2 heterocycles.